The number of hydrogen-bond donors (Lipinski definition) is 3. The van der Waals surface area contributed by atoms with Crippen LogP contribution in [0.3, 0.4) is 0 Å². The van der Waals surface area contributed by atoms with Gasteiger partial charge in [-0.05, 0) is 26.0 Å². The first-order valence-electron chi connectivity index (χ1n) is 6.11. The summed E-state index contributed by atoms with van der Waals surface area (Å²) in [7, 11) is 0. The lowest BCUT2D eigenvalue weighted by Crippen LogP contribution is -2.59. The summed E-state index contributed by atoms with van der Waals surface area (Å²) < 4.78 is 0. The van der Waals surface area contributed by atoms with Crippen LogP contribution in [-0.4, -0.2) is 28.5 Å². The number of halogens is 1. The van der Waals surface area contributed by atoms with Crippen LogP contribution in [0.4, 0.5) is 5.69 Å². The van der Waals surface area contributed by atoms with E-state index in [9.17, 15) is 0 Å². The highest BCUT2D eigenvalue weighted by Gasteiger charge is 2.47. The van der Waals surface area contributed by atoms with Crippen LogP contribution in [0.2, 0.25) is 0 Å². The molecule has 0 aromatic heterocycles. The number of thioether (sulfide) groups is 2. The summed E-state index contributed by atoms with van der Waals surface area (Å²) in [6, 6.07) is 8.39. The van der Waals surface area contributed by atoms with Crippen molar-refractivity contribution in [2.75, 3.05) is 23.4 Å². The van der Waals surface area contributed by atoms with E-state index in [4.69, 9.17) is 11.5 Å². The smallest absolute Gasteiger partial charge is 0.115 e. The first-order chi connectivity index (χ1) is 8.48. The molecule has 19 heavy (non-hydrogen) atoms. The third-order valence-electron chi connectivity index (χ3n) is 3.12. The minimum atomic E-state index is -0.307. The molecule has 0 saturated heterocycles. The molecule has 0 amide bonds. The Bertz CT molecular complexity index is 396. The highest BCUT2D eigenvalue weighted by molar-refractivity contribution is 8.93. The monoisotopic (exact) mass is 363 g/mol. The number of nitrogens with one attached hydrogen (secondary N) is 1. The molecule has 1 atom stereocenters. The number of rotatable bonds is 5. The van der Waals surface area contributed by atoms with Gasteiger partial charge in [0.15, 0.2) is 0 Å². The van der Waals surface area contributed by atoms with Crippen LogP contribution in [0.15, 0.2) is 29.2 Å². The molecule has 108 valence electrons. The van der Waals surface area contributed by atoms with E-state index in [1.807, 2.05) is 23.5 Å². The van der Waals surface area contributed by atoms with Crippen molar-refractivity contribution in [1.29, 1.82) is 0 Å². The maximum atomic E-state index is 6.41. The maximum Gasteiger partial charge on any atom is 0.115 e. The number of hydrogen-bond acceptors (Lipinski definition) is 5. The zero-order chi connectivity index (χ0) is 13.2. The van der Waals surface area contributed by atoms with Gasteiger partial charge < -0.3 is 16.8 Å². The molecule has 1 heterocycles. The molecule has 2 rings (SSSR count). The Morgan fingerprint density at radius 2 is 2.05 bits per heavy atom. The fourth-order valence-corrected chi connectivity index (χ4v) is 4.64. The lowest BCUT2D eigenvalue weighted by molar-refractivity contribution is 0.430. The number of nitrogens with two attached hydrogens (primary N) is 2. The van der Waals surface area contributed by atoms with Gasteiger partial charge in [0.25, 0.3) is 0 Å². The third kappa shape index (κ3) is 3.61. The fraction of sp³-hybridized carbons (Fsp3) is 0.538. The van der Waals surface area contributed by atoms with Gasteiger partial charge in [-0.25, -0.2) is 0 Å². The average Bonchev–Trinajstić information content (AvgIpc) is 2.68. The molecule has 0 aliphatic carbocycles. The van der Waals surface area contributed by atoms with Crippen LogP contribution >= 0.6 is 40.5 Å². The second kappa shape index (κ2) is 6.72. The molecule has 0 saturated carbocycles. The van der Waals surface area contributed by atoms with Gasteiger partial charge in [0.05, 0.1) is 0 Å². The predicted molar refractivity (Wildman–Crippen MR) is 93.6 cm³/mol. The van der Waals surface area contributed by atoms with Crippen molar-refractivity contribution in [3.05, 3.63) is 24.3 Å². The van der Waals surface area contributed by atoms with Crippen LogP contribution in [-0.2, 0) is 0 Å². The molecular weight excluding hydrogens is 342 g/mol. The third-order valence-corrected chi connectivity index (χ3v) is 6.16. The van der Waals surface area contributed by atoms with E-state index in [1.54, 1.807) is 0 Å². The lowest BCUT2D eigenvalue weighted by Gasteiger charge is -2.41. The maximum absolute atomic E-state index is 6.41. The summed E-state index contributed by atoms with van der Waals surface area (Å²) in [4.78, 5) is 1.13. The van der Waals surface area contributed by atoms with Crippen molar-refractivity contribution in [2.24, 2.45) is 11.5 Å². The van der Waals surface area contributed by atoms with Crippen molar-refractivity contribution >= 4 is 46.2 Å². The van der Waals surface area contributed by atoms with Gasteiger partial charge in [-0.3, -0.25) is 0 Å². The van der Waals surface area contributed by atoms with Gasteiger partial charge >= 0.3 is 0 Å². The van der Waals surface area contributed by atoms with Crippen LogP contribution in [0, 0.1) is 0 Å². The summed E-state index contributed by atoms with van der Waals surface area (Å²) in [5.41, 5.74) is 12.9. The molecular formula is C13H22BrN3S2. The standard InChI is InChI=1S/C13H21N3S2.BrH/c1-12(2,15)13(9-17-8-7-14)16-10-5-3-4-6-11(10)18-13;/h3-6,16H,7-9,14-15H2,1-2H3;1H. The molecule has 1 aromatic rings. The van der Waals surface area contributed by atoms with Gasteiger partial charge in [-0.2, -0.15) is 11.8 Å². The predicted octanol–water partition coefficient (Wildman–Crippen LogP) is 2.91. The Morgan fingerprint density at radius 1 is 1.37 bits per heavy atom. The minimum absolute atomic E-state index is 0. The second-order valence-electron chi connectivity index (χ2n) is 5.11. The van der Waals surface area contributed by atoms with Crippen molar-refractivity contribution in [1.82, 2.24) is 0 Å². The first kappa shape index (κ1) is 17.2. The highest BCUT2D eigenvalue weighted by Crippen LogP contribution is 2.50. The van der Waals surface area contributed by atoms with Crippen molar-refractivity contribution in [3.63, 3.8) is 0 Å². The summed E-state index contributed by atoms with van der Waals surface area (Å²) in [5.74, 6) is 1.92. The van der Waals surface area contributed by atoms with Crippen LogP contribution < -0.4 is 16.8 Å². The molecule has 6 heteroatoms. The molecule has 1 aromatic carbocycles. The summed E-state index contributed by atoms with van der Waals surface area (Å²) in [6.45, 7) is 4.88. The number of anilines is 1. The van der Waals surface area contributed by atoms with E-state index >= 15 is 0 Å². The van der Waals surface area contributed by atoms with E-state index < -0.39 is 0 Å². The summed E-state index contributed by atoms with van der Waals surface area (Å²) >= 11 is 3.70. The molecule has 5 N–H and O–H groups in total. The van der Waals surface area contributed by atoms with Gasteiger partial charge in [0, 0.05) is 34.2 Å². The Hall–Kier alpha value is 0.120. The molecule has 0 fully saturated rings. The van der Waals surface area contributed by atoms with E-state index in [0.29, 0.717) is 6.54 Å². The summed E-state index contributed by atoms with van der Waals surface area (Å²) in [5, 5.41) is 3.62. The van der Waals surface area contributed by atoms with Crippen LogP contribution in [0.5, 0.6) is 0 Å². The fourth-order valence-electron chi connectivity index (χ4n) is 1.93. The van der Waals surface area contributed by atoms with E-state index in [-0.39, 0.29) is 27.4 Å². The quantitative estimate of drug-likeness (QED) is 0.702. The molecule has 1 aliphatic heterocycles. The number of para-hydroxylation sites is 1. The minimum Gasteiger partial charge on any atom is -0.367 e. The summed E-state index contributed by atoms with van der Waals surface area (Å²) in [6.07, 6.45) is 0. The van der Waals surface area contributed by atoms with E-state index in [0.717, 1.165) is 11.5 Å². The zero-order valence-electron chi connectivity index (χ0n) is 11.3. The van der Waals surface area contributed by atoms with Crippen LogP contribution in [0.1, 0.15) is 13.8 Å². The van der Waals surface area contributed by atoms with Crippen LogP contribution in [0.25, 0.3) is 0 Å². The average molecular weight is 364 g/mol. The Kier molecular flexibility index (Phi) is 6.07. The lowest BCUT2D eigenvalue weighted by atomic mass is 9.96. The molecule has 0 bridgehead atoms. The highest BCUT2D eigenvalue weighted by atomic mass is 79.9. The Morgan fingerprint density at radius 3 is 2.63 bits per heavy atom. The Labute approximate surface area is 134 Å². The molecule has 3 nitrogen and oxygen atoms in total. The van der Waals surface area contributed by atoms with E-state index in [2.05, 4.69) is 43.4 Å². The Balaban J connectivity index is 0.00000180. The normalized spacial score (nSPS) is 21.5. The number of benzene rings is 1. The van der Waals surface area contributed by atoms with Gasteiger partial charge in [-0.15, -0.1) is 17.0 Å². The van der Waals surface area contributed by atoms with Crippen molar-refractivity contribution < 1.29 is 0 Å². The van der Waals surface area contributed by atoms with Crippen molar-refractivity contribution in [2.45, 2.75) is 29.2 Å². The number of fused-ring (bicyclic) bond motifs is 1. The second-order valence-corrected chi connectivity index (χ2v) is 7.56. The zero-order valence-corrected chi connectivity index (χ0v) is 14.7. The molecule has 0 radical (unpaired) electrons. The largest absolute Gasteiger partial charge is 0.367 e. The molecule has 0 spiro atoms. The van der Waals surface area contributed by atoms with E-state index in [1.165, 1.54) is 10.6 Å². The SMILES string of the molecule is Br.CC(C)(N)C1(CSCCN)Nc2ccccc2S1. The molecule has 1 unspecified atom stereocenters. The first-order valence-corrected chi connectivity index (χ1v) is 8.08. The topological polar surface area (TPSA) is 64.1 Å². The van der Waals surface area contributed by atoms with Crippen molar-refractivity contribution in [3.8, 4) is 0 Å². The molecule has 1 aliphatic rings. The van der Waals surface area contributed by atoms with Gasteiger partial charge in [0.2, 0.25) is 0 Å². The van der Waals surface area contributed by atoms with Gasteiger partial charge in [0.1, 0.15) is 4.87 Å². The van der Waals surface area contributed by atoms with Gasteiger partial charge in [-0.1, -0.05) is 23.9 Å².